The molecule has 0 aliphatic rings. The first-order chi connectivity index (χ1) is 7.10. The molecule has 0 amide bonds. The molecule has 86 valence electrons. The number of carbonyl (C=O) groups excluding carboxylic acids is 1. The second-order valence-electron chi connectivity index (χ2n) is 3.06. The molecule has 0 aromatic rings. The van der Waals surface area contributed by atoms with Crippen molar-refractivity contribution in [1.82, 2.24) is 0 Å². The van der Waals surface area contributed by atoms with Gasteiger partial charge in [0.05, 0.1) is 7.11 Å². The van der Waals surface area contributed by atoms with Gasteiger partial charge in [-0.3, -0.25) is 4.79 Å². The van der Waals surface area contributed by atoms with E-state index in [2.05, 4.69) is 6.58 Å². The molecule has 0 fully saturated rings. The highest BCUT2D eigenvalue weighted by molar-refractivity contribution is 5.72. The van der Waals surface area contributed by atoms with Gasteiger partial charge in [0.25, 0.3) is 0 Å². The maximum atomic E-state index is 10.5. The van der Waals surface area contributed by atoms with Gasteiger partial charge in [0, 0.05) is 14.2 Å². The molecule has 0 aromatic carbocycles. The van der Waals surface area contributed by atoms with Crippen LogP contribution >= 0.6 is 0 Å². The van der Waals surface area contributed by atoms with Crippen LogP contribution in [0.5, 0.6) is 0 Å². The van der Waals surface area contributed by atoms with Crippen LogP contribution in [-0.2, 0) is 19.0 Å². The van der Waals surface area contributed by atoms with Crippen molar-refractivity contribution >= 4 is 6.29 Å². The summed E-state index contributed by atoms with van der Waals surface area (Å²) in [6.45, 7) is 5.40. The molecule has 4 nitrogen and oxygen atoms in total. The van der Waals surface area contributed by atoms with E-state index in [9.17, 15) is 4.79 Å². The largest absolute Gasteiger partial charge is 0.499 e. The van der Waals surface area contributed by atoms with Crippen LogP contribution in [0.3, 0.4) is 0 Å². The minimum atomic E-state index is -0.421. The van der Waals surface area contributed by atoms with E-state index in [0.29, 0.717) is 11.3 Å². The first-order valence-corrected chi connectivity index (χ1v) is 4.52. The fraction of sp³-hybridized carbons (Fsp3) is 0.545. The summed E-state index contributed by atoms with van der Waals surface area (Å²) in [5, 5.41) is 0. The van der Waals surface area contributed by atoms with Gasteiger partial charge in [-0.1, -0.05) is 6.58 Å². The summed E-state index contributed by atoms with van der Waals surface area (Å²) in [5.41, 5.74) is 0.577. The maximum absolute atomic E-state index is 10.5. The third-order valence-electron chi connectivity index (χ3n) is 2.02. The molecule has 0 bridgehead atoms. The average molecular weight is 214 g/mol. The number of carbonyl (C=O) groups is 1. The highest BCUT2D eigenvalue weighted by atomic mass is 16.6. The van der Waals surface area contributed by atoms with Crippen molar-refractivity contribution in [3.63, 3.8) is 0 Å². The number of allylic oxidation sites excluding steroid dienone is 1. The molecule has 0 aromatic heterocycles. The lowest BCUT2D eigenvalue weighted by Crippen LogP contribution is -2.30. The molecular formula is C11H18O4. The van der Waals surface area contributed by atoms with Gasteiger partial charge in [0.1, 0.15) is 24.3 Å². The van der Waals surface area contributed by atoms with Gasteiger partial charge >= 0.3 is 0 Å². The summed E-state index contributed by atoms with van der Waals surface area (Å²) < 4.78 is 15.4. The molecule has 4 heteroatoms. The molecular weight excluding hydrogens is 196 g/mol. The molecule has 2 atom stereocenters. The quantitative estimate of drug-likeness (QED) is 0.364. The molecule has 0 saturated carbocycles. The van der Waals surface area contributed by atoms with E-state index in [0.717, 1.165) is 6.29 Å². The van der Waals surface area contributed by atoms with E-state index in [4.69, 9.17) is 14.2 Å². The summed E-state index contributed by atoms with van der Waals surface area (Å²) in [5.74, 6) is 0.458. The van der Waals surface area contributed by atoms with Gasteiger partial charge in [-0.05, 0) is 18.6 Å². The van der Waals surface area contributed by atoms with Crippen LogP contribution in [0.25, 0.3) is 0 Å². The molecule has 0 radical (unpaired) electrons. The van der Waals surface area contributed by atoms with Crippen molar-refractivity contribution in [2.75, 3.05) is 21.3 Å². The molecule has 0 heterocycles. The fourth-order valence-electron chi connectivity index (χ4n) is 1.14. The van der Waals surface area contributed by atoms with E-state index in [-0.39, 0.29) is 6.10 Å². The fourth-order valence-corrected chi connectivity index (χ4v) is 1.14. The zero-order valence-electron chi connectivity index (χ0n) is 9.65. The SMILES string of the molecule is C=C(OC)C(OC)C(/C=C(\C)C=O)OC. The number of hydrogen-bond donors (Lipinski definition) is 0. The van der Waals surface area contributed by atoms with Crippen LogP contribution in [0.15, 0.2) is 24.0 Å². The van der Waals surface area contributed by atoms with Gasteiger partial charge in [-0.25, -0.2) is 0 Å². The zero-order chi connectivity index (χ0) is 11.8. The first-order valence-electron chi connectivity index (χ1n) is 4.52. The Balaban J connectivity index is 4.75. The molecule has 0 saturated heterocycles. The molecule has 0 aliphatic carbocycles. The monoisotopic (exact) mass is 214 g/mol. The minimum absolute atomic E-state index is 0.382. The van der Waals surface area contributed by atoms with Crippen molar-refractivity contribution in [2.45, 2.75) is 19.1 Å². The molecule has 15 heavy (non-hydrogen) atoms. The van der Waals surface area contributed by atoms with E-state index in [1.165, 1.54) is 21.3 Å². The van der Waals surface area contributed by atoms with E-state index >= 15 is 0 Å². The lowest BCUT2D eigenvalue weighted by molar-refractivity contribution is -0.105. The summed E-state index contributed by atoms with van der Waals surface area (Å²) >= 11 is 0. The standard InChI is InChI=1S/C11H18O4/c1-8(7-12)6-10(14-4)11(15-5)9(2)13-3/h6-7,10-11H,2H2,1,3-5H3/b8-6+. The van der Waals surface area contributed by atoms with Gasteiger partial charge < -0.3 is 14.2 Å². The Kier molecular flexibility index (Phi) is 6.66. The summed E-state index contributed by atoms with van der Waals surface area (Å²) in [4.78, 5) is 10.5. The Morgan fingerprint density at radius 3 is 2.20 bits per heavy atom. The van der Waals surface area contributed by atoms with Crippen molar-refractivity contribution in [3.05, 3.63) is 24.0 Å². The van der Waals surface area contributed by atoms with Crippen molar-refractivity contribution < 1.29 is 19.0 Å². The summed E-state index contributed by atoms with van der Waals surface area (Å²) in [6.07, 6.45) is 1.63. The Labute approximate surface area is 90.5 Å². The van der Waals surface area contributed by atoms with Crippen molar-refractivity contribution in [1.29, 1.82) is 0 Å². The lowest BCUT2D eigenvalue weighted by Gasteiger charge is -2.23. The van der Waals surface area contributed by atoms with Crippen molar-refractivity contribution in [3.8, 4) is 0 Å². The van der Waals surface area contributed by atoms with Crippen LogP contribution in [0.2, 0.25) is 0 Å². The minimum Gasteiger partial charge on any atom is -0.499 e. The van der Waals surface area contributed by atoms with E-state index in [1.54, 1.807) is 13.0 Å². The Morgan fingerprint density at radius 1 is 1.27 bits per heavy atom. The van der Waals surface area contributed by atoms with E-state index < -0.39 is 6.10 Å². The van der Waals surface area contributed by atoms with Crippen LogP contribution in [-0.4, -0.2) is 39.8 Å². The predicted molar refractivity (Wildman–Crippen MR) is 57.6 cm³/mol. The zero-order valence-corrected chi connectivity index (χ0v) is 9.65. The molecule has 0 rings (SSSR count). The van der Waals surface area contributed by atoms with Gasteiger partial charge in [0.15, 0.2) is 0 Å². The number of rotatable bonds is 7. The van der Waals surface area contributed by atoms with Gasteiger partial charge in [-0.2, -0.15) is 0 Å². The lowest BCUT2D eigenvalue weighted by atomic mass is 10.1. The Morgan fingerprint density at radius 2 is 1.87 bits per heavy atom. The average Bonchev–Trinajstić information content (AvgIpc) is 2.27. The normalized spacial score (nSPS) is 15.6. The number of hydrogen-bond acceptors (Lipinski definition) is 4. The second kappa shape index (κ2) is 7.20. The third-order valence-corrected chi connectivity index (χ3v) is 2.02. The number of aldehydes is 1. The second-order valence-corrected chi connectivity index (χ2v) is 3.06. The van der Waals surface area contributed by atoms with E-state index in [1.807, 2.05) is 0 Å². The number of methoxy groups -OCH3 is 3. The highest BCUT2D eigenvalue weighted by Crippen LogP contribution is 2.14. The Bertz CT molecular complexity index is 245. The summed E-state index contributed by atoms with van der Waals surface area (Å²) in [7, 11) is 4.58. The van der Waals surface area contributed by atoms with Crippen LogP contribution in [0, 0.1) is 0 Å². The topological polar surface area (TPSA) is 44.8 Å². The van der Waals surface area contributed by atoms with Crippen LogP contribution in [0.4, 0.5) is 0 Å². The first kappa shape index (κ1) is 13.9. The van der Waals surface area contributed by atoms with Crippen LogP contribution < -0.4 is 0 Å². The van der Waals surface area contributed by atoms with Crippen molar-refractivity contribution in [2.24, 2.45) is 0 Å². The highest BCUT2D eigenvalue weighted by Gasteiger charge is 2.22. The van der Waals surface area contributed by atoms with Gasteiger partial charge in [0.2, 0.25) is 0 Å². The third kappa shape index (κ3) is 4.27. The van der Waals surface area contributed by atoms with Crippen LogP contribution in [0.1, 0.15) is 6.92 Å². The smallest absolute Gasteiger partial charge is 0.145 e. The molecule has 2 unspecified atom stereocenters. The molecule has 0 spiro atoms. The summed E-state index contributed by atoms with van der Waals surface area (Å²) in [6, 6.07) is 0. The predicted octanol–water partition coefficient (Wildman–Crippen LogP) is 1.32. The molecule has 0 N–H and O–H groups in total. The van der Waals surface area contributed by atoms with Gasteiger partial charge in [-0.15, -0.1) is 0 Å². The molecule has 0 aliphatic heterocycles. The maximum Gasteiger partial charge on any atom is 0.145 e. The Hall–Kier alpha value is -1.13. The number of ether oxygens (including phenoxy) is 3.